The fraction of sp³-hybridized carbons (Fsp3) is 0.625. The number of hydrogen-bond acceptors (Lipinski definition) is 1. The van der Waals surface area contributed by atoms with E-state index < -0.39 is 2.14 Å². The van der Waals surface area contributed by atoms with Gasteiger partial charge in [-0.3, -0.25) is 4.79 Å². The third kappa shape index (κ3) is 2.96. The van der Waals surface area contributed by atoms with Crippen molar-refractivity contribution in [2.75, 3.05) is 0 Å². The second kappa shape index (κ2) is 4.38. The summed E-state index contributed by atoms with van der Waals surface area (Å²) in [6.45, 7) is 0. The van der Waals surface area contributed by atoms with Crippen molar-refractivity contribution in [1.29, 1.82) is 0 Å². The van der Waals surface area contributed by atoms with E-state index in [2.05, 4.69) is 47.8 Å². The molecule has 1 aliphatic carbocycles. The van der Waals surface area contributed by atoms with Gasteiger partial charge in [-0.05, 0) is 31.3 Å². The number of allylic oxidation sites excluding steroid dienone is 2. The number of carbonyl (C=O) groups is 1. The van der Waals surface area contributed by atoms with E-state index in [1.165, 1.54) is 6.42 Å². The van der Waals surface area contributed by atoms with Gasteiger partial charge in [-0.1, -0.05) is 53.9 Å². The van der Waals surface area contributed by atoms with Gasteiger partial charge >= 0.3 is 0 Å². The lowest BCUT2D eigenvalue weighted by Crippen LogP contribution is -2.20. The maximum Gasteiger partial charge on any atom is 0.196 e. The summed E-state index contributed by atoms with van der Waals surface area (Å²) < 4.78 is -0.754. The molecule has 0 unspecified atom stereocenters. The number of rotatable bonds is 1. The van der Waals surface area contributed by atoms with Crippen LogP contribution in [0.5, 0.6) is 0 Å². The van der Waals surface area contributed by atoms with Gasteiger partial charge < -0.3 is 0 Å². The van der Waals surface area contributed by atoms with E-state index in [4.69, 9.17) is 0 Å². The first-order valence-corrected chi connectivity index (χ1v) is 6.20. The molecule has 0 spiro atoms. The van der Waals surface area contributed by atoms with Crippen LogP contribution < -0.4 is 0 Å². The van der Waals surface area contributed by atoms with Crippen molar-refractivity contribution in [3.63, 3.8) is 0 Å². The number of carbonyl (C=O) groups excluding carboxylic acids is 1. The molecule has 0 fully saturated rings. The van der Waals surface area contributed by atoms with Crippen LogP contribution in [0.1, 0.15) is 25.7 Å². The number of alkyl halides is 3. The highest BCUT2D eigenvalue weighted by atomic mass is 80.0. The van der Waals surface area contributed by atoms with Crippen LogP contribution in [-0.4, -0.2) is 7.93 Å². The molecule has 4 heteroatoms. The lowest BCUT2D eigenvalue weighted by molar-refractivity contribution is -0.114. The van der Waals surface area contributed by atoms with Gasteiger partial charge in [0.1, 0.15) is 0 Å². The zero-order chi connectivity index (χ0) is 9.19. The number of ketones is 1. The highest BCUT2D eigenvalue weighted by Gasteiger charge is 2.31. The second-order valence-corrected chi connectivity index (χ2v) is 9.56. The predicted molar refractivity (Wildman–Crippen MR) is 61.1 cm³/mol. The monoisotopic (exact) mass is 358 g/mol. The van der Waals surface area contributed by atoms with E-state index in [1.807, 2.05) is 6.08 Å². The Balaban J connectivity index is 2.70. The largest absolute Gasteiger partial charge is 0.291 e. The first kappa shape index (κ1) is 10.9. The Kier molecular flexibility index (Phi) is 3.99. The van der Waals surface area contributed by atoms with E-state index in [0.717, 1.165) is 24.8 Å². The maximum atomic E-state index is 11.6. The molecule has 0 heterocycles. The summed E-state index contributed by atoms with van der Waals surface area (Å²) in [5.74, 6) is 0.0854. The quantitative estimate of drug-likeness (QED) is 0.648. The molecule has 68 valence electrons. The Morgan fingerprint density at radius 2 is 2.00 bits per heavy atom. The molecule has 0 atom stereocenters. The predicted octanol–water partition coefficient (Wildman–Crippen LogP) is 3.89. The van der Waals surface area contributed by atoms with E-state index in [9.17, 15) is 4.79 Å². The van der Waals surface area contributed by atoms with Gasteiger partial charge in [0.25, 0.3) is 0 Å². The lowest BCUT2D eigenvalue weighted by atomic mass is 9.97. The van der Waals surface area contributed by atoms with E-state index in [1.54, 1.807) is 0 Å². The summed E-state index contributed by atoms with van der Waals surface area (Å²) in [4.78, 5) is 11.6. The summed E-state index contributed by atoms with van der Waals surface area (Å²) >= 11 is 9.67. The van der Waals surface area contributed by atoms with Gasteiger partial charge in [-0.25, -0.2) is 0 Å². The fourth-order valence-corrected chi connectivity index (χ4v) is 1.99. The molecule has 0 aromatic rings. The average Bonchev–Trinajstić information content (AvgIpc) is 2.03. The molecule has 0 aromatic carbocycles. The molecule has 1 aliphatic rings. The van der Waals surface area contributed by atoms with E-state index in [0.29, 0.717) is 0 Å². The minimum absolute atomic E-state index is 0.0854. The van der Waals surface area contributed by atoms with Crippen LogP contribution >= 0.6 is 47.8 Å². The number of Topliss-reactive ketones (excluding diaryl/α,β-unsaturated/α-hetero) is 1. The third-order valence-electron chi connectivity index (χ3n) is 1.84. The molecule has 12 heavy (non-hydrogen) atoms. The van der Waals surface area contributed by atoms with Crippen molar-refractivity contribution in [1.82, 2.24) is 0 Å². The van der Waals surface area contributed by atoms with E-state index >= 15 is 0 Å². The van der Waals surface area contributed by atoms with Gasteiger partial charge in [0.2, 0.25) is 0 Å². The molecule has 0 bridgehead atoms. The zero-order valence-electron chi connectivity index (χ0n) is 6.45. The van der Waals surface area contributed by atoms with Crippen LogP contribution in [-0.2, 0) is 4.79 Å². The van der Waals surface area contributed by atoms with Gasteiger partial charge in [-0.15, -0.1) is 0 Å². The summed E-state index contributed by atoms with van der Waals surface area (Å²) in [5.41, 5.74) is 0.923. The highest BCUT2D eigenvalue weighted by Crippen LogP contribution is 2.38. The summed E-state index contributed by atoms with van der Waals surface area (Å²) in [6.07, 6.45) is 6.30. The molecular weight excluding hydrogens is 352 g/mol. The summed E-state index contributed by atoms with van der Waals surface area (Å²) in [5, 5.41) is 0. The topological polar surface area (TPSA) is 17.1 Å². The van der Waals surface area contributed by atoms with Crippen LogP contribution in [0.25, 0.3) is 0 Å². The molecule has 0 radical (unpaired) electrons. The second-order valence-electron chi connectivity index (χ2n) is 2.80. The first-order valence-electron chi connectivity index (χ1n) is 3.82. The SMILES string of the molecule is O=C(C1=CCCCC1)C(Br)(Br)Br. The van der Waals surface area contributed by atoms with Crippen LogP contribution in [0.3, 0.4) is 0 Å². The lowest BCUT2D eigenvalue weighted by Gasteiger charge is -2.16. The van der Waals surface area contributed by atoms with Gasteiger partial charge in [0.15, 0.2) is 7.93 Å². The standard InChI is InChI=1S/C8H9Br3O/c9-8(10,11)7(12)6-4-2-1-3-5-6/h4H,1-3,5H2. The minimum Gasteiger partial charge on any atom is -0.291 e. The van der Waals surface area contributed by atoms with Crippen molar-refractivity contribution in [2.24, 2.45) is 0 Å². The summed E-state index contributed by atoms with van der Waals surface area (Å²) in [7, 11) is 0. The first-order chi connectivity index (χ1) is 5.52. The van der Waals surface area contributed by atoms with Crippen molar-refractivity contribution in [2.45, 2.75) is 27.8 Å². The molecule has 1 nitrogen and oxygen atoms in total. The molecule has 0 amide bonds. The van der Waals surface area contributed by atoms with Crippen LogP contribution in [0, 0.1) is 0 Å². The van der Waals surface area contributed by atoms with Crippen molar-refractivity contribution in [3.05, 3.63) is 11.6 Å². The minimum atomic E-state index is -0.754. The molecule has 0 saturated heterocycles. The Labute approximate surface area is 97.4 Å². The van der Waals surface area contributed by atoms with Crippen molar-refractivity contribution < 1.29 is 4.79 Å². The van der Waals surface area contributed by atoms with Crippen molar-refractivity contribution >= 4 is 53.6 Å². The Morgan fingerprint density at radius 1 is 1.33 bits per heavy atom. The van der Waals surface area contributed by atoms with Crippen LogP contribution in [0.4, 0.5) is 0 Å². The molecular formula is C8H9Br3O. The van der Waals surface area contributed by atoms with Crippen molar-refractivity contribution in [3.8, 4) is 0 Å². The van der Waals surface area contributed by atoms with Gasteiger partial charge in [-0.2, -0.15) is 0 Å². The number of halogens is 3. The molecule has 0 aromatic heterocycles. The van der Waals surface area contributed by atoms with Gasteiger partial charge in [0.05, 0.1) is 0 Å². The Bertz CT molecular complexity index is 215. The van der Waals surface area contributed by atoms with Gasteiger partial charge in [0, 0.05) is 0 Å². The molecule has 0 aliphatic heterocycles. The Hall–Kier alpha value is 0.850. The Morgan fingerprint density at radius 3 is 2.42 bits per heavy atom. The van der Waals surface area contributed by atoms with Crippen LogP contribution in [0.2, 0.25) is 0 Å². The average molecular weight is 361 g/mol. The molecule has 1 rings (SSSR count). The fourth-order valence-electron chi connectivity index (χ4n) is 1.23. The maximum absolute atomic E-state index is 11.6. The normalized spacial score (nSPS) is 18.8. The third-order valence-corrected chi connectivity index (χ3v) is 2.92. The molecule has 0 saturated carbocycles. The van der Waals surface area contributed by atoms with Crippen LogP contribution in [0.15, 0.2) is 11.6 Å². The highest BCUT2D eigenvalue weighted by molar-refractivity contribution is 9.40. The number of hydrogen-bond donors (Lipinski definition) is 0. The summed E-state index contributed by atoms with van der Waals surface area (Å²) in [6, 6.07) is 0. The molecule has 0 N–H and O–H groups in total. The zero-order valence-corrected chi connectivity index (χ0v) is 11.2. The van der Waals surface area contributed by atoms with E-state index in [-0.39, 0.29) is 5.78 Å². The smallest absolute Gasteiger partial charge is 0.196 e.